The van der Waals surface area contributed by atoms with Gasteiger partial charge in [0.05, 0.1) is 10.3 Å². The van der Waals surface area contributed by atoms with E-state index in [-0.39, 0.29) is 10.8 Å². The molecule has 0 aliphatic rings. The third kappa shape index (κ3) is 4.54. The summed E-state index contributed by atoms with van der Waals surface area (Å²) in [5, 5.41) is 7.11. The molecule has 0 aliphatic carbocycles. The maximum atomic E-state index is 11.9. The molecule has 1 amide bonds. The van der Waals surface area contributed by atoms with E-state index in [0.29, 0.717) is 23.1 Å². The summed E-state index contributed by atoms with van der Waals surface area (Å²) in [5.74, 6) is 0.827. The van der Waals surface area contributed by atoms with Gasteiger partial charge in [0, 0.05) is 43.5 Å². The van der Waals surface area contributed by atoms with Gasteiger partial charge in [-0.3, -0.25) is 4.79 Å². The Kier molecular flexibility index (Phi) is 5.54. The molecule has 4 rings (SSSR count). The van der Waals surface area contributed by atoms with Gasteiger partial charge in [-0.25, -0.2) is 8.42 Å². The number of hydrogen-bond donors (Lipinski definition) is 3. The number of hydrogen-bond acceptors (Lipinski definition) is 7. The van der Waals surface area contributed by atoms with E-state index >= 15 is 0 Å². The van der Waals surface area contributed by atoms with Crippen molar-refractivity contribution in [3.63, 3.8) is 0 Å². The van der Waals surface area contributed by atoms with E-state index in [1.54, 1.807) is 42.4 Å². The van der Waals surface area contributed by atoms with E-state index < -0.39 is 9.84 Å². The fraction of sp³-hybridized carbons (Fsp3) is 0.136. The lowest BCUT2D eigenvalue weighted by atomic mass is 10.2. The number of nitrogens with one attached hydrogen (secondary N) is 3. The molecule has 0 bridgehead atoms. The molecule has 2 aromatic heterocycles. The molecule has 2 aromatic carbocycles. The van der Waals surface area contributed by atoms with Crippen molar-refractivity contribution < 1.29 is 13.2 Å². The van der Waals surface area contributed by atoms with E-state index in [0.717, 1.165) is 16.8 Å². The molecule has 32 heavy (non-hydrogen) atoms. The van der Waals surface area contributed by atoms with Crippen LogP contribution in [0.3, 0.4) is 0 Å². The predicted octanol–water partition coefficient (Wildman–Crippen LogP) is 3.83. The van der Waals surface area contributed by atoms with Crippen LogP contribution in [0.5, 0.6) is 0 Å². The number of benzene rings is 2. The molecule has 2 heterocycles. The average molecular weight is 451 g/mol. The van der Waals surface area contributed by atoms with Crippen LogP contribution >= 0.6 is 0 Å². The highest BCUT2D eigenvalue weighted by Gasteiger charge is 2.12. The lowest BCUT2D eigenvalue weighted by Gasteiger charge is -2.15. The van der Waals surface area contributed by atoms with Crippen molar-refractivity contribution in [3.8, 4) is 0 Å². The largest absolute Gasteiger partial charge is 0.346 e. The summed E-state index contributed by atoms with van der Waals surface area (Å²) in [4.78, 5) is 25.4. The van der Waals surface area contributed by atoms with Crippen LogP contribution < -0.4 is 15.5 Å². The van der Waals surface area contributed by atoms with E-state index in [1.807, 2.05) is 30.3 Å². The Labute approximate surface area is 185 Å². The van der Waals surface area contributed by atoms with E-state index in [4.69, 9.17) is 0 Å². The number of anilines is 5. The van der Waals surface area contributed by atoms with Crippen molar-refractivity contribution in [1.29, 1.82) is 0 Å². The molecule has 0 atom stereocenters. The van der Waals surface area contributed by atoms with Crippen LogP contribution in [0.25, 0.3) is 11.0 Å². The van der Waals surface area contributed by atoms with Crippen LogP contribution in [0.4, 0.5) is 28.8 Å². The first-order chi connectivity index (χ1) is 15.2. The Bertz CT molecular complexity index is 1400. The van der Waals surface area contributed by atoms with Gasteiger partial charge >= 0.3 is 0 Å². The second kappa shape index (κ2) is 8.31. The third-order valence-corrected chi connectivity index (χ3v) is 6.03. The van der Waals surface area contributed by atoms with Crippen LogP contribution in [0.1, 0.15) is 6.92 Å². The van der Waals surface area contributed by atoms with Gasteiger partial charge in [0.1, 0.15) is 11.5 Å². The van der Waals surface area contributed by atoms with Gasteiger partial charge in [0.15, 0.2) is 9.84 Å². The van der Waals surface area contributed by atoms with Crippen molar-refractivity contribution in [1.82, 2.24) is 15.0 Å². The molecule has 9 nitrogen and oxygen atoms in total. The molecule has 0 spiro atoms. The van der Waals surface area contributed by atoms with Crippen LogP contribution in [-0.4, -0.2) is 42.6 Å². The third-order valence-electron chi connectivity index (χ3n) is 4.92. The normalized spacial score (nSPS) is 11.3. The quantitative estimate of drug-likeness (QED) is 0.408. The maximum Gasteiger partial charge on any atom is 0.231 e. The highest BCUT2D eigenvalue weighted by molar-refractivity contribution is 7.90. The zero-order chi connectivity index (χ0) is 22.9. The SMILES string of the molecule is CC(=O)N(C)c1ccc(Nc2nc(Nc3cccc(S(C)(=O)=O)c3)c3cc[nH]c3n2)cc1. The Morgan fingerprint density at radius 3 is 2.44 bits per heavy atom. The summed E-state index contributed by atoms with van der Waals surface area (Å²) in [6, 6.07) is 15.7. The summed E-state index contributed by atoms with van der Waals surface area (Å²) >= 11 is 0. The van der Waals surface area contributed by atoms with Gasteiger partial charge in [-0.05, 0) is 48.5 Å². The van der Waals surface area contributed by atoms with Crippen molar-refractivity contribution in [2.75, 3.05) is 28.8 Å². The first kappa shape index (κ1) is 21.3. The number of amides is 1. The zero-order valence-electron chi connectivity index (χ0n) is 17.7. The number of rotatable bonds is 6. The molecular weight excluding hydrogens is 428 g/mol. The average Bonchev–Trinajstić information content (AvgIpc) is 3.22. The Balaban J connectivity index is 1.63. The number of aromatic amines is 1. The fourth-order valence-electron chi connectivity index (χ4n) is 3.11. The topological polar surface area (TPSA) is 120 Å². The molecule has 0 unspecified atom stereocenters. The van der Waals surface area contributed by atoms with Crippen molar-refractivity contribution in [2.45, 2.75) is 11.8 Å². The second-order valence-electron chi connectivity index (χ2n) is 7.31. The van der Waals surface area contributed by atoms with Gasteiger partial charge in [-0.15, -0.1) is 0 Å². The number of aromatic nitrogens is 3. The summed E-state index contributed by atoms with van der Waals surface area (Å²) in [7, 11) is -1.62. The van der Waals surface area contributed by atoms with Gasteiger partial charge < -0.3 is 20.5 Å². The first-order valence-electron chi connectivity index (χ1n) is 9.74. The first-order valence-corrected chi connectivity index (χ1v) is 11.6. The molecule has 0 saturated heterocycles. The summed E-state index contributed by atoms with van der Waals surface area (Å²) in [5.41, 5.74) is 2.74. The molecule has 3 N–H and O–H groups in total. The highest BCUT2D eigenvalue weighted by Crippen LogP contribution is 2.27. The van der Waals surface area contributed by atoms with Gasteiger partial charge in [0.2, 0.25) is 11.9 Å². The van der Waals surface area contributed by atoms with Crippen molar-refractivity contribution in [2.24, 2.45) is 0 Å². The molecule has 10 heteroatoms. The smallest absolute Gasteiger partial charge is 0.231 e. The van der Waals surface area contributed by atoms with E-state index in [2.05, 4.69) is 25.6 Å². The van der Waals surface area contributed by atoms with E-state index in [1.165, 1.54) is 13.2 Å². The minimum Gasteiger partial charge on any atom is -0.346 e. The molecule has 4 aromatic rings. The number of nitrogens with zero attached hydrogens (tertiary/aromatic N) is 3. The van der Waals surface area contributed by atoms with Crippen LogP contribution in [0.2, 0.25) is 0 Å². The van der Waals surface area contributed by atoms with Crippen LogP contribution in [0, 0.1) is 0 Å². The van der Waals surface area contributed by atoms with E-state index in [9.17, 15) is 13.2 Å². The number of sulfone groups is 1. The Morgan fingerprint density at radius 1 is 1.00 bits per heavy atom. The zero-order valence-corrected chi connectivity index (χ0v) is 18.6. The van der Waals surface area contributed by atoms with Gasteiger partial charge in [-0.2, -0.15) is 9.97 Å². The predicted molar refractivity (Wildman–Crippen MR) is 126 cm³/mol. The number of carbonyl (C=O) groups is 1. The molecule has 0 aliphatic heterocycles. The number of fused-ring (bicyclic) bond motifs is 1. The fourth-order valence-corrected chi connectivity index (χ4v) is 3.78. The Morgan fingerprint density at radius 2 is 1.75 bits per heavy atom. The van der Waals surface area contributed by atoms with Gasteiger partial charge in [-0.1, -0.05) is 6.07 Å². The summed E-state index contributed by atoms with van der Waals surface area (Å²) < 4.78 is 23.8. The number of H-pyrrole nitrogens is 1. The maximum absolute atomic E-state index is 11.9. The van der Waals surface area contributed by atoms with Crippen molar-refractivity contribution in [3.05, 3.63) is 60.8 Å². The van der Waals surface area contributed by atoms with Crippen molar-refractivity contribution >= 4 is 55.6 Å². The number of carbonyl (C=O) groups excluding carboxylic acids is 1. The second-order valence-corrected chi connectivity index (χ2v) is 9.33. The Hall–Kier alpha value is -3.92. The minimum atomic E-state index is -3.33. The lowest BCUT2D eigenvalue weighted by Crippen LogP contribution is -2.22. The highest BCUT2D eigenvalue weighted by atomic mass is 32.2. The van der Waals surface area contributed by atoms with Crippen LogP contribution in [-0.2, 0) is 14.6 Å². The standard InChI is InChI=1S/C22H22N6O3S/c1-14(29)28(2)17-9-7-15(8-10-17)25-22-26-20-19(11-12-23-20)21(27-22)24-16-5-4-6-18(13-16)32(3,30)31/h4-13H,1-3H3,(H3,23,24,25,26,27). The summed E-state index contributed by atoms with van der Waals surface area (Å²) in [6.07, 6.45) is 2.93. The monoisotopic (exact) mass is 450 g/mol. The molecule has 164 valence electrons. The van der Waals surface area contributed by atoms with Gasteiger partial charge in [0.25, 0.3) is 0 Å². The molecular formula is C22H22N6O3S. The summed E-state index contributed by atoms with van der Waals surface area (Å²) in [6.45, 7) is 1.51. The molecule has 0 radical (unpaired) electrons. The molecule has 0 saturated carbocycles. The van der Waals surface area contributed by atoms with Crippen LogP contribution in [0.15, 0.2) is 65.7 Å². The minimum absolute atomic E-state index is 0.0538. The lowest BCUT2D eigenvalue weighted by molar-refractivity contribution is -0.116. The molecule has 0 fully saturated rings.